The number of carbonyl (C=O) groups is 1. The van der Waals surface area contributed by atoms with Crippen LogP contribution in [0, 0.1) is 5.92 Å². The Morgan fingerprint density at radius 1 is 0.800 bits per heavy atom. The molecule has 0 heterocycles. The van der Waals surface area contributed by atoms with Crippen LogP contribution in [-0.4, -0.2) is 5.78 Å². The summed E-state index contributed by atoms with van der Waals surface area (Å²) in [6.45, 7) is 2.29. The molecule has 0 amide bonds. The number of hydrogen-bond donors (Lipinski definition) is 0. The van der Waals surface area contributed by atoms with E-state index in [1.54, 1.807) is 11.1 Å². The molecule has 1 heteroatoms. The van der Waals surface area contributed by atoms with Gasteiger partial charge in [-0.2, -0.15) is 0 Å². The van der Waals surface area contributed by atoms with Crippen molar-refractivity contribution in [2.75, 3.05) is 0 Å². The van der Waals surface area contributed by atoms with Crippen molar-refractivity contribution >= 4 is 5.78 Å². The summed E-state index contributed by atoms with van der Waals surface area (Å²) < 4.78 is 0. The van der Waals surface area contributed by atoms with Crippen LogP contribution >= 0.6 is 0 Å². The quantitative estimate of drug-likeness (QED) is 0.431. The number of hydrogen-bond acceptors (Lipinski definition) is 1. The second-order valence-corrected chi connectivity index (χ2v) is 6.89. The molecule has 2 aliphatic carbocycles. The predicted octanol–water partition coefficient (Wildman–Crippen LogP) is 5.98. The van der Waals surface area contributed by atoms with Gasteiger partial charge in [-0.3, -0.25) is 4.79 Å². The highest BCUT2D eigenvalue weighted by Gasteiger charge is 2.21. The monoisotopic (exact) mass is 276 g/mol. The third kappa shape index (κ3) is 5.07. The maximum atomic E-state index is 11.3. The van der Waals surface area contributed by atoms with Crippen LogP contribution in [0.1, 0.15) is 96.8 Å². The molecule has 2 rings (SSSR count). The van der Waals surface area contributed by atoms with E-state index in [0.29, 0.717) is 5.78 Å². The minimum atomic E-state index is 0.482. The van der Waals surface area contributed by atoms with Crippen molar-refractivity contribution in [3.8, 4) is 0 Å². The lowest BCUT2D eigenvalue weighted by Gasteiger charge is -2.27. The van der Waals surface area contributed by atoms with Crippen LogP contribution in [0.15, 0.2) is 11.1 Å². The van der Waals surface area contributed by atoms with Gasteiger partial charge in [-0.15, -0.1) is 0 Å². The summed E-state index contributed by atoms with van der Waals surface area (Å²) in [7, 11) is 0. The maximum absolute atomic E-state index is 11.3. The van der Waals surface area contributed by atoms with E-state index in [1.165, 1.54) is 64.2 Å². The second-order valence-electron chi connectivity index (χ2n) is 6.89. The van der Waals surface area contributed by atoms with E-state index in [0.717, 1.165) is 31.6 Å². The van der Waals surface area contributed by atoms with Crippen LogP contribution in [0.4, 0.5) is 0 Å². The van der Waals surface area contributed by atoms with Crippen LogP contribution < -0.4 is 0 Å². The van der Waals surface area contributed by atoms with Crippen molar-refractivity contribution in [3.63, 3.8) is 0 Å². The van der Waals surface area contributed by atoms with E-state index >= 15 is 0 Å². The normalized spacial score (nSPS) is 24.2. The van der Waals surface area contributed by atoms with Crippen molar-refractivity contribution in [1.82, 2.24) is 0 Å². The van der Waals surface area contributed by atoms with Gasteiger partial charge < -0.3 is 0 Å². The average molecular weight is 276 g/mol. The Labute approximate surface area is 125 Å². The highest BCUT2D eigenvalue weighted by Crippen LogP contribution is 2.36. The van der Waals surface area contributed by atoms with Crippen LogP contribution in [0.2, 0.25) is 0 Å². The first-order valence-corrected chi connectivity index (χ1v) is 9.01. The molecule has 0 N–H and O–H groups in total. The standard InChI is InChI=1S/C19H32O/c1-2-3-4-5-6-7-16-8-10-17(11-9-16)18-12-14-19(20)15-13-18/h16H,2-15H2,1H3. The molecule has 114 valence electrons. The van der Waals surface area contributed by atoms with Gasteiger partial charge in [0.25, 0.3) is 0 Å². The highest BCUT2D eigenvalue weighted by molar-refractivity contribution is 5.80. The number of carbonyl (C=O) groups excluding carboxylic acids is 1. The van der Waals surface area contributed by atoms with E-state index in [-0.39, 0.29) is 0 Å². The van der Waals surface area contributed by atoms with Gasteiger partial charge in [0.05, 0.1) is 0 Å². The van der Waals surface area contributed by atoms with Gasteiger partial charge >= 0.3 is 0 Å². The fourth-order valence-electron chi connectivity index (χ4n) is 3.89. The molecule has 2 fully saturated rings. The van der Waals surface area contributed by atoms with Crippen molar-refractivity contribution in [3.05, 3.63) is 11.1 Å². The third-order valence-corrected chi connectivity index (χ3v) is 5.34. The molecule has 0 atom stereocenters. The summed E-state index contributed by atoms with van der Waals surface area (Å²) in [5, 5.41) is 0. The van der Waals surface area contributed by atoms with Gasteiger partial charge in [0.15, 0.2) is 0 Å². The van der Waals surface area contributed by atoms with Crippen molar-refractivity contribution < 1.29 is 4.79 Å². The molecule has 20 heavy (non-hydrogen) atoms. The number of allylic oxidation sites excluding steroid dienone is 2. The second kappa shape index (κ2) is 8.64. The molecule has 2 saturated carbocycles. The van der Waals surface area contributed by atoms with E-state index < -0.39 is 0 Å². The summed E-state index contributed by atoms with van der Waals surface area (Å²) in [4.78, 5) is 11.3. The zero-order chi connectivity index (χ0) is 14.2. The topological polar surface area (TPSA) is 17.1 Å². The third-order valence-electron chi connectivity index (χ3n) is 5.34. The molecule has 2 aliphatic rings. The number of ketones is 1. The Bertz CT molecular complexity index is 318. The summed E-state index contributed by atoms with van der Waals surface area (Å²) in [6.07, 6.45) is 17.9. The van der Waals surface area contributed by atoms with E-state index in [2.05, 4.69) is 6.92 Å². The molecule has 0 aliphatic heterocycles. The molecule has 0 spiro atoms. The molecule has 0 bridgehead atoms. The number of unbranched alkanes of at least 4 members (excludes halogenated alkanes) is 4. The molecular formula is C19H32O. The lowest BCUT2D eigenvalue weighted by atomic mass is 9.78. The van der Waals surface area contributed by atoms with Crippen LogP contribution in [-0.2, 0) is 4.79 Å². The fourth-order valence-corrected chi connectivity index (χ4v) is 3.89. The fraction of sp³-hybridized carbons (Fsp3) is 0.842. The molecule has 0 radical (unpaired) electrons. The van der Waals surface area contributed by atoms with Crippen LogP contribution in [0.25, 0.3) is 0 Å². The SMILES string of the molecule is CCCCCCCC1CCC(=C2CCC(=O)CC2)CC1. The van der Waals surface area contributed by atoms with Gasteiger partial charge in [-0.05, 0) is 44.4 Å². The van der Waals surface area contributed by atoms with E-state index in [4.69, 9.17) is 0 Å². The Hall–Kier alpha value is -0.590. The summed E-state index contributed by atoms with van der Waals surface area (Å²) in [5.41, 5.74) is 3.39. The molecule has 0 aromatic carbocycles. The Morgan fingerprint density at radius 3 is 2.05 bits per heavy atom. The molecule has 1 nitrogen and oxygen atoms in total. The Morgan fingerprint density at radius 2 is 1.40 bits per heavy atom. The first-order valence-electron chi connectivity index (χ1n) is 9.01. The summed E-state index contributed by atoms with van der Waals surface area (Å²) >= 11 is 0. The largest absolute Gasteiger partial charge is 0.300 e. The predicted molar refractivity (Wildman–Crippen MR) is 85.8 cm³/mol. The van der Waals surface area contributed by atoms with Gasteiger partial charge in [-0.1, -0.05) is 56.6 Å². The lowest BCUT2D eigenvalue weighted by molar-refractivity contribution is -0.119. The highest BCUT2D eigenvalue weighted by atomic mass is 16.1. The molecule has 0 saturated heterocycles. The summed E-state index contributed by atoms with van der Waals surface area (Å²) in [6, 6.07) is 0. The Kier molecular flexibility index (Phi) is 6.82. The van der Waals surface area contributed by atoms with Gasteiger partial charge in [0, 0.05) is 12.8 Å². The Balaban J connectivity index is 1.65. The number of rotatable bonds is 6. The lowest BCUT2D eigenvalue weighted by Crippen LogP contribution is -2.13. The molecule has 0 aromatic heterocycles. The van der Waals surface area contributed by atoms with Crippen molar-refractivity contribution in [2.24, 2.45) is 5.92 Å². The number of Topliss-reactive ketones (excluding diaryl/α,β-unsaturated/α-hetero) is 1. The van der Waals surface area contributed by atoms with Gasteiger partial charge in [0.1, 0.15) is 5.78 Å². The van der Waals surface area contributed by atoms with Gasteiger partial charge in [0.2, 0.25) is 0 Å². The minimum Gasteiger partial charge on any atom is -0.300 e. The average Bonchev–Trinajstić information content (AvgIpc) is 2.49. The van der Waals surface area contributed by atoms with Crippen molar-refractivity contribution in [2.45, 2.75) is 96.8 Å². The van der Waals surface area contributed by atoms with E-state index in [1.807, 2.05) is 0 Å². The molecule has 0 unspecified atom stereocenters. The van der Waals surface area contributed by atoms with Gasteiger partial charge in [-0.25, -0.2) is 0 Å². The first-order chi connectivity index (χ1) is 9.79. The van der Waals surface area contributed by atoms with Crippen molar-refractivity contribution in [1.29, 1.82) is 0 Å². The van der Waals surface area contributed by atoms with Crippen LogP contribution in [0.3, 0.4) is 0 Å². The molecular weight excluding hydrogens is 244 g/mol. The van der Waals surface area contributed by atoms with Crippen LogP contribution in [0.5, 0.6) is 0 Å². The maximum Gasteiger partial charge on any atom is 0.133 e. The molecule has 0 aromatic rings. The first kappa shape index (κ1) is 15.8. The van der Waals surface area contributed by atoms with E-state index in [9.17, 15) is 4.79 Å². The summed E-state index contributed by atoms with van der Waals surface area (Å²) in [5.74, 6) is 1.47. The minimum absolute atomic E-state index is 0.482. The zero-order valence-corrected chi connectivity index (χ0v) is 13.4. The smallest absolute Gasteiger partial charge is 0.133 e. The zero-order valence-electron chi connectivity index (χ0n) is 13.4.